The number of aryl methyl sites for hydroxylation is 1. The number of anilines is 2. The molecule has 3 N–H and O–H groups in total. The highest BCUT2D eigenvalue weighted by atomic mass is 32.1. The van der Waals surface area contributed by atoms with Crippen molar-refractivity contribution in [1.82, 2.24) is 19.8 Å². The number of carbonyl (C=O) groups is 4. The molecule has 0 spiro atoms. The molecule has 0 unspecified atom stereocenters. The number of nitrogens with one attached hydrogen (secondary N) is 2. The minimum absolute atomic E-state index is 0.00432. The second kappa shape index (κ2) is 18.3. The molecule has 3 heterocycles. The Kier molecular flexibility index (Phi) is 13.1. The summed E-state index contributed by atoms with van der Waals surface area (Å²) < 4.78 is 27.9. The summed E-state index contributed by atoms with van der Waals surface area (Å²) in [5, 5.41) is 15.9. The first-order valence-electron chi connectivity index (χ1n) is 18.9. The Morgan fingerprint density at radius 3 is 2.26 bits per heavy atom. The van der Waals surface area contributed by atoms with Crippen molar-refractivity contribution >= 4 is 57.7 Å². The Morgan fingerprint density at radius 2 is 1.60 bits per heavy atom. The number of benzene rings is 3. The van der Waals surface area contributed by atoms with Gasteiger partial charge in [0.05, 0.1) is 23.2 Å². The monoisotopic (exact) mass is 812 g/mol. The van der Waals surface area contributed by atoms with Crippen LogP contribution >= 0.6 is 11.3 Å². The Labute approximate surface area is 338 Å². The average molecular weight is 813 g/mol. The van der Waals surface area contributed by atoms with Gasteiger partial charge in [0.2, 0.25) is 11.3 Å². The van der Waals surface area contributed by atoms with Crippen LogP contribution < -0.4 is 21.0 Å². The summed E-state index contributed by atoms with van der Waals surface area (Å²) in [6.45, 7) is 9.24. The van der Waals surface area contributed by atoms with Crippen molar-refractivity contribution in [3.05, 3.63) is 122 Å². The molecule has 1 saturated heterocycles. The maximum absolute atomic E-state index is 15.3. The summed E-state index contributed by atoms with van der Waals surface area (Å²) in [6, 6.07) is 18.6. The van der Waals surface area contributed by atoms with Gasteiger partial charge in [-0.2, -0.15) is 0 Å². The summed E-state index contributed by atoms with van der Waals surface area (Å²) >= 11 is 1.36. The van der Waals surface area contributed by atoms with E-state index in [4.69, 9.17) is 9.47 Å². The minimum Gasteiger partial charge on any atom is -0.477 e. The number of aromatic carboxylic acids is 1. The number of halogens is 1. The smallest absolute Gasteiger partial charge is 0.410 e. The zero-order valence-electron chi connectivity index (χ0n) is 32.6. The number of carboxylic acids is 1. The number of hydrogen-bond acceptors (Lipinski definition) is 10. The van der Waals surface area contributed by atoms with Crippen LogP contribution in [0.15, 0.2) is 83.9 Å². The van der Waals surface area contributed by atoms with Crippen molar-refractivity contribution in [2.24, 2.45) is 5.92 Å². The summed E-state index contributed by atoms with van der Waals surface area (Å²) in [6.07, 6.45) is 1.85. The molecule has 58 heavy (non-hydrogen) atoms. The van der Waals surface area contributed by atoms with E-state index in [1.54, 1.807) is 59.8 Å². The minimum atomic E-state index is -1.37. The Bertz CT molecular complexity index is 2340. The molecule has 5 aromatic rings. The highest BCUT2D eigenvalue weighted by Gasteiger charge is 2.27. The largest absolute Gasteiger partial charge is 0.477 e. The predicted octanol–water partition coefficient (Wildman–Crippen LogP) is 7.14. The standard InChI is InChI=1S/C42H45FN6O8S/c1-5-47-22-31(40(52)53)37(50)30-19-32(43)34(20-33(30)47)48-15-17-49(18-16-48)42(55)57-24-28-11-13-29(14-12-28)45-38(51)26(4)35-21-44-39(58-35)36(25(2)3)46-41(54)56-23-27-9-7-6-8-10-27/h6-14,19-22,25-26,36H,5,15-18,23-24H2,1-4H3,(H,45,51)(H,46,54)(H,52,53)/t26-,36+/m1/s1. The number of aromatic nitrogens is 2. The quantitative estimate of drug-likeness (QED) is 0.111. The van der Waals surface area contributed by atoms with E-state index in [1.807, 2.05) is 44.2 Å². The van der Waals surface area contributed by atoms with Crippen molar-refractivity contribution in [3.8, 4) is 0 Å². The lowest BCUT2D eigenvalue weighted by Gasteiger charge is -2.35. The predicted molar refractivity (Wildman–Crippen MR) is 218 cm³/mol. The van der Waals surface area contributed by atoms with Crippen LogP contribution in [0.1, 0.15) is 71.0 Å². The van der Waals surface area contributed by atoms with Gasteiger partial charge in [-0.15, -0.1) is 11.3 Å². The SMILES string of the molecule is CCn1cc(C(=O)O)c(=O)c2cc(F)c(N3CCN(C(=O)OCc4ccc(NC(=O)[C@H](C)c5cnc([C@@H](NC(=O)OCc6ccccc6)C(C)C)s5)cc4)CC3)cc21. The van der Waals surface area contributed by atoms with E-state index in [0.717, 1.165) is 16.5 Å². The fourth-order valence-electron chi connectivity index (χ4n) is 6.54. The molecule has 1 fully saturated rings. The number of thiazole rings is 1. The van der Waals surface area contributed by atoms with Gasteiger partial charge in [0.25, 0.3) is 0 Å². The van der Waals surface area contributed by atoms with Gasteiger partial charge in [-0.25, -0.2) is 23.8 Å². The van der Waals surface area contributed by atoms with E-state index in [-0.39, 0.29) is 49.2 Å². The molecule has 2 atom stereocenters. The molecule has 304 valence electrons. The van der Waals surface area contributed by atoms with Crippen LogP contribution in [0.4, 0.5) is 25.4 Å². The number of nitrogens with zero attached hydrogens (tertiary/aromatic N) is 4. The van der Waals surface area contributed by atoms with Gasteiger partial charge in [-0.05, 0) is 55.2 Å². The van der Waals surface area contributed by atoms with Gasteiger partial charge in [0, 0.05) is 61.1 Å². The van der Waals surface area contributed by atoms with Crippen LogP contribution in [-0.4, -0.2) is 69.8 Å². The van der Waals surface area contributed by atoms with Crippen LogP contribution in [0.25, 0.3) is 10.9 Å². The van der Waals surface area contributed by atoms with Crippen LogP contribution in [0, 0.1) is 11.7 Å². The first-order valence-corrected chi connectivity index (χ1v) is 19.7. The second-order valence-electron chi connectivity index (χ2n) is 14.2. The number of piperazine rings is 1. The molecule has 0 bridgehead atoms. The molecule has 3 aromatic carbocycles. The first kappa shape index (κ1) is 41.3. The van der Waals surface area contributed by atoms with Crippen molar-refractivity contribution < 1.29 is 38.1 Å². The van der Waals surface area contributed by atoms with E-state index in [1.165, 1.54) is 22.4 Å². The van der Waals surface area contributed by atoms with Crippen LogP contribution in [0.5, 0.6) is 0 Å². The molecule has 0 aliphatic carbocycles. The number of rotatable bonds is 13. The van der Waals surface area contributed by atoms with Crippen LogP contribution in [0.2, 0.25) is 0 Å². The van der Waals surface area contributed by atoms with Crippen molar-refractivity contribution in [1.29, 1.82) is 0 Å². The second-order valence-corrected chi connectivity index (χ2v) is 15.3. The molecule has 3 amide bonds. The fourth-order valence-corrected chi connectivity index (χ4v) is 7.73. The number of ether oxygens (including phenoxy) is 2. The van der Waals surface area contributed by atoms with Gasteiger partial charge in [-0.3, -0.25) is 9.59 Å². The summed E-state index contributed by atoms with van der Waals surface area (Å²) in [5.74, 6) is -2.76. The number of carboxylic acid groups (broad SMARTS) is 1. The normalized spacial score (nSPS) is 13.9. The highest BCUT2D eigenvalue weighted by molar-refractivity contribution is 7.11. The third-order valence-electron chi connectivity index (χ3n) is 9.96. The topological polar surface area (TPSA) is 172 Å². The maximum atomic E-state index is 15.3. The molecule has 1 aliphatic heterocycles. The molecular formula is C42H45FN6O8S. The number of pyridine rings is 1. The molecule has 2 aromatic heterocycles. The molecule has 6 rings (SSSR count). The van der Waals surface area contributed by atoms with Crippen molar-refractivity contribution in [3.63, 3.8) is 0 Å². The highest BCUT2D eigenvalue weighted by Crippen LogP contribution is 2.31. The lowest BCUT2D eigenvalue weighted by molar-refractivity contribution is -0.117. The molecule has 1 aliphatic rings. The van der Waals surface area contributed by atoms with E-state index in [2.05, 4.69) is 15.6 Å². The number of alkyl carbamates (subject to hydrolysis) is 1. The van der Waals surface area contributed by atoms with Crippen molar-refractivity contribution in [2.45, 2.75) is 59.4 Å². The fraction of sp³-hybridized carbons (Fsp3) is 0.333. The maximum Gasteiger partial charge on any atom is 0.410 e. The molecule has 14 nitrogen and oxygen atoms in total. The lowest BCUT2D eigenvalue weighted by atomic mass is 10.1. The van der Waals surface area contributed by atoms with Gasteiger partial charge in [-0.1, -0.05) is 56.3 Å². The summed E-state index contributed by atoms with van der Waals surface area (Å²) in [5.41, 5.74) is 1.68. The molecule has 0 radical (unpaired) electrons. The summed E-state index contributed by atoms with van der Waals surface area (Å²) in [7, 11) is 0. The molecule has 16 heteroatoms. The van der Waals surface area contributed by atoms with Gasteiger partial charge < -0.3 is 39.6 Å². The van der Waals surface area contributed by atoms with E-state index >= 15 is 4.39 Å². The summed E-state index contributed by atoms with van der Waals surface area (Å²) in [4.78, 5) is 71.6. The zero-order valence-corrected chi connectivity index (χ0v) is 33.4. The number of amides is 3. The number of fused-ring (bicyclic) bond motifs is 1. The Morgan fingerprint density at radius 1 is 0.931 bits per heavy atom. The van der Waals surface area contributed by atoms with Gasteiger partial charge in [0.1, 0.15) is 29.6 Å². The first-order chi connectivity index (χ1) is 27.8. The van der Waals surface area contributed by atoms with Crippen LogP contribution in [-0.2, 0) is 34.0 Å². The number of carbonyl (C=O) groups excluding carboxylic acids is 3. The molecular weight excluding hydrogens is 768 g/mol. The van der Waals surface area contributed by atoms with E-state index in [9.17, 15) is 29.1 Å². The Balaban J connectivity index is 0.975. The Hall–Kier alpha value is -6.29. The zero-order chi connectivity index (χ0) is 41.5. The van der Waals surface area contributed by atoms with Gasteiger partial charge in [0.15, 0.2) is 0 Å². The third-order valence-corrected chi connectivity index (χ3v) is 11.2. The van der Waals surface area contributed by atoms with Crippen LogP contribution in [0.3, 0.4) is 0 Å². The average Bonchev–Trinajstić information content (AvgIpc) is 3.71. The number of hydrogen-bond donors (Lipinski definition) is 3. The van der Waals surface area contributed by atoms with Gasteiger partial charge >= 0.3 is 18.2 Å². The lowest BCUT2D eigenvalue weighted by Crippen LogP contribution is -2.49. The molecule has 0 saturated carbocycles. The van der Waals surface area contributed by atoms with Crippen molar-refractivity contribution in [2.75, 3.05) is 36.4 Å². The van der Waals surface area contributed by atoms with E-state index < -0.39 is 46.9 Å². The third kappa shape index (κ3) is 9.62. The van der Waals surface area contributed by atoms with E-state index in [0.29, 0.717) is 41.4 Å².